The van der Waals surface area contributed by atoms with Gasteiger partial charge in [-0.05, 0) is 49.2 Å². The van der Waals surface area contributed by atoms with Gasteiger partial charge < -0.3 is 0 Å². The maximum Gasteiger partial charge on any atom is 0.241 e. The minimum Gasteiger partial charge on any atom is -0.207 e. The highest BCUT2D eigenvalue weighted by Crippen LogP contribution is 2.23. The zero-order valence-corrected chi connectivity index (χ0v) is 14.3. The van der Waals surface area contributed by atoms with Gasteiger partial charge in [0.15, 0.2) is 11.6 Å². The van der Waals surface area contributed by atoms with E-state index in [4.69, 9.17) is 0 Å². The van der Waals surface area contributed by atoms with Crippen LogP contribution < -0.4 is 4.72 Å². The second-order valence-corrected chi connectivity index (χ2v) is 7.52. The summed E-state index contributed by atoms with van der Waals surface area (Å²) in [6, 6.07) is 7.53. The Balaban J connectivity index is 2.31. The van der Waals surface area contributed by atoms with E-state index in [1.54, 1.807) is 26.0 Å². The molecule has 0 aliphatic rings. The van der Waals surface area contributed by atoms with Gasteiger partial charge in [0.2, 0.25) is 10.0 Å². The van der Waals surface area contributed by atoms with Crippen LogP contribution in [0.4, 0.5) is 8.78 Å². The first-order chi connectivity index (χ1) is 10.2. The molecule has 0 radical (unpaired) electrons. The maximum absolute atomic E-state index is 13.3. The highest BCUT2D eigenvalue weighted by Gasteiger charge is 2.21. The number of nitrogens with one attached hydrogen (secondary N) is 1. The third kappa shape index (κ3) is 3.71. The van der Waals surface area contributed by atoms with E-state index >= 15 is 0 Å². The molecular formula is C15H14BrF2NO2S. The van der Waals surface area contributed by atoms with Crippen LogP contribution in [0.3, 0.4) is 0 Å². The summed E-state index contributed by atoms with van der Waals surface area (Å²) >= 11 is 3.23. The molecule has 0 aromatic heterocycles. The number of rotatable bonds is 4. The highest BCUT2D eigenvalue weighted by molar-refractivity contribution is 9.10. The number of hydrogen-bond acceptors (Lipinski definition) is 2. The van der Waals surface area contributed by atoms with Gasteiger partial charge in [0.25, 0.3) is 0 Å². The minimum absolute atomic E-state index is 0.135. The number of benzene rings is 2. The van der Waals surface area contributed by atoms with Crippen LogP contribution in [0.5, 0.6) is 0 Å². The van der Waals surface area contributed by atoms with Gasteiger partial charge in [-0.2, -0.15) is 0 Å². The van der Waals surface area contributed by atoms with E-state index in [2.05, 4.69) is 20.7 Å². The topological polar surface area (TPSA) is 46.2 Å². The van der Waals surface area contributed by atoms with Gasteiger partial charge in [-0.1, -0.05) is 28.1 Å². The first-order valence-electron chi connectivity index (χ1n) is 6.44. The molecule has 118 valence electrons. The Labute approximate surface area is 136 Å². The summed E-state index contributed by atoms with van der Waals surface area (Å²) in [7, 11) is -3.78. The monoisotopic (exact) mass is 389 g/mol. The maximum atomic E-state index is 13.3. The van der Waals surface area contributed by atoms with Gasteiger partial charge in [-0.25, -0.2) is 21.9 Å². The second-order valence-electron chi connectivity index (χ2n) is 4.93. The fourth-order valence-corrected chi connectivity index (χ4v) is 4.02. The molecule has 2 rings (SSSR count). The molecule has 7 heteroatoms. The largest absolute Gasteiger partial charge is 0.241 e. The molecule has 0 saturated carbocycles. The lowest BCUT2D eigenvalue weighted by molar-refractivity contribution is 0.504. The average Bonchev–Trinajstić information content (AvgIpc) is 2.43. The van der Waals surface area contributed by atoms with Crippen molar-refractivity contribution in [2.75, 3.05) is 0 Å². The molecule has 0 spiro atoms. The number of hydrogen-bond donors (Lipinski definition) is 1. The van der Waals surface area contributed by atoms with Crippen molar-refractivity contribution >= 4 is 26.0 Å². The lowest BCUT2D eigenvalue weighted by atomic mass is 10.1. The fourth-order valence-electron chi connectivity index (χ4n) is 2.01. The van der Waals surface area contributed by atoms with Crippen molar-refractivity contribution in [3.8, 4) is 0 Å². The van der Waals surface area contributed by atoms with Crippen molar-refractivity contribution in [2.24, 2.45) is 0 Å². The first-order valence-corrected chi connectivity index (χ1v) is 8.72. The number of sulfonamides is 1. The Morgan fingerprint density at radius 1 is 1.09 bits per heavy atom. The lowest BCUT2D eigenvalue weighted by Crippen LogP contribution is -2.27. The zero-order chi connectivity index (χ0) is 16.5. The van der Waals surface area contributed by atoms with Crippen LogP contribution in [0.1, 0.15) is 24.1 Å². The van der Waals surface area contributed by atoms with E-state index in [9.17, 15) is 17.2 Å². The van der Waals surface area contributed by atoms with E-state index in [1.807, 2.05) is 0 Å². The van der Waals surface area contributed by atoms with E-state index in [1.165, 1.54) is 12.1 Å². The number of halogens is 3. The summed E-state index contributed by atoms with van der Waals surface area (Å²) in [6.07, 6.45) is 0. The van der Waals surface area contributed by atoms with Crippen molar-refractivity contribution in [3.63, 3.8) is 0 Å². The molecule has 0 unspecified atom stereocenters. The SMILES string of the molecule is Cc1ccc(Br)cc1S(=O)(=O)N[C@@H](C)c1ccc(F)c(F)c1. The van der Waals surface area contributed by atoms with E-state index in [-0.39, 0.29) is 4.90 Å². The van der Waals surface area contributed by atoms with E-state index < -0.39 is 27.7 Å². The average molecular weight is 390 g/mol. The van der Waals surface area contributed by atoms with Gasteiger partial charge in [0.1, 0.15) is 0 Å². The predicted octanol–water partition coefficient (Wildman–Crippen LogP) is 4.08. The van der Waals surface area contributed by atoms with E-state index in [0.717, 1.165) is 12.1 Å². The Bertz CT molecular complexity index is 809. The molecule has 0 heterocycles. The van der Waals surface area contributed by atoms with Crippen molar-refractivity contribution in [1.29, 1.82) is 0 Å². The van der Waals surface area contributed by atoms with Crippen LogP contribution in [-0.2, 0) is 10.0 Å². The molecular weight excluding hydrogens is 376 g/mol. The van der Waals surface area contributed by atoms with E-state index in [0.29, 0.717) is 15.6 Å². The molecule has 0 bridgehead atoms. The molecule has 0 saturated heterocycles. The molecule has 1 N–H and O–H groups in total. The molecule has 2 aromatic carbocycles. The van der Waals surface area contributed by atoms with Crippen molar-refractivity contribution in [1.82, 2.24) is 4.72 Å². The molecule has 0 aliphatic heterocycles. The molecule has 0 fully saturated rings. The van der Waals surface area contributed by atoms with Crippen LogP contribution >= 0.6 is 15.9 Å². The third-order valence-electron chi connectivity index (χ3n) is 3.22. The fraction of sp³-hybridized carbons (Fsp3) is 0.200. The van der Waals surface area contributed by atoms with Crippen molar-refractivity contribution < 1.29 is 17.2 Å². The third-order valence-corrected chi connectivity index (χ3v) is 5.39. The van der Waals surface area contributed by atoms with Gasteiger partial charge in [-0.15, -0.1) is 0 Å². The summed E-state index contributed by atoms with van der Waals surface area (Å²) in [4.78, 5) is 0.135. The number of aryl methyl sites for hydroxylation is 1. The summed E-state index contributed by atoms with van der Waals surface area (Å²) in [5.41, 5.74) is 0.934. The Morgan fingerprint density at radius 3 is 2.41 bits per heavy atom. The summed E-state index contributed by atoms with van der Waals surface area (Å²) in [5, 5.41) is 0. The van der Waals surface area contributed by atoms with Gasteiger partial charge >= 0.3 is 0 Å². The Kier molecular flexibility index (Phi) is 4.99. The zero-order valence-electron chi connectivity index (χ0n) is 11.9. The molecule has 3 nitrogen and oxygen atoms in total. The van der Waals surface area contributed by atoms with Crippen LogP contribution in [0.15, 0.2) is 45.8 Å². The smallest absolute Gasteiger partial charge is 0.207 e. The first kappa shape index (κ1) is 17.1. The molecule has 1 atom stereocenters. The van der Waals surface area contributed by atoms with Crippen molar-refractivity contribution in [2.45, 2.75) is 24.8 Å². The Morgan fingerprint density at radius 2 is 1.77 bits per heavy atom. The summed E-state index contributed by atoms with van der Waals surface area (Å²) in [6.45, 7) is 3.25. The van der Waals surface area contributed by atoms with Gasteiger partial charge in [0, 0.05) is 10.5 Å². The predicted molar refractivity (Wildman–Crippen MR) is 84.0 cm³/mol. The van der Waals surface area contributed by atoms with Gasteiger partial charge in [0.05, 0.1) is 4.90 Å². The molecule has 22 heavy (non-hydrogen) atoms. The van der Waals surface area contributed by atoms with Crippen LogP contribution in [0, 0.1) is 18.6 Å². The van der Waals surface area contributed by atoms with Crippen molar-refractivity contribution in [3.05, 3.63) is 63.6 Å². The summed E-state index contributed by atoms with van der Waals surface area (Å²) in [5.74, 6) is -1.98. The normalized spacial score (nSPS) is 13.1. The molecule has 0 amide bonds. The van der Waals surface area contributed by atoms with Crippen LogP contribution in [0.25, 0.3) is 0 Å². The van der Waals surface area contributed by atoms with Crippen LogP contribution in [0.2, 0.25) is 0 Å². The standard InChI is InChI=1S/C15H14BrF2NO2S/c1-9-3-5-12(16)8-15(9)22(20,21)19-10(2)11-4-6-13(17)14(18)7-11/h3-8,10,19H,1-2H3/t10-/m0/s1. The van der Waals surface area contributed by atoms with Crippen LogP contribution in [-0.4, -0.2) is 8.42 Å². The minimum atomic E-state index is -3.78. The summed E-state index contributed by atoms with van der Waals surface area (Å²) < 4.78 is 54.2. The lowest BCUT2D eigenvalue weighted by Gasteiger charge is -2.16. The highest BCUT2D eigenvalue weighted by atomic mass is 79.9. The quantitative estimate of drug-likeness (QED) is 0.856. The van der Waals surface area contributed by atoms with Gasteiger partial charge in [-0.3, -0.25) is 0 Å². The molecule has 0 aliphatic carbocycles. The second kappa shape index (κ2) is 6.44. The molecule has 2 aromatic rings. The Hall–Kier alpha value is -1.31.